The molecular weight excluding hydrogens is 306 g/mol. The van der Waals surface area contributed by atoms with Gasteiger partial charge in [0.15, 0.2) is 0 Å². The highest BCUT2D eigenvalue weighted by molar-refractivity contribution is 9.10. The van der Waals surface area contributed by atoms with Crippen LogP contribution in [0, 0.1) is 0 Å². The number of fused-ring (bicyclic) bond motifs is 1. The molecule has 3 rings (SSSR count). The van der Waals surface area contributed by atoms with Crippen LogP contribution in [-0.4, -0.2) is 23.9 Å². The van der Waals surface area contributed by atoms with E-state index in [1.807, 2.05) is 0 Å². The second kappa shape index (κ2) is 5.81. The SMILES string of the molecule is OC1CCCCC1NCc1cc(Br)cc2c1OCC2. The molecule has 1 aromatic rings. The number of benzene rings is 1. The van der Waals surface area contributed by atoms with Crippen molar-refractivity contribution in [3.63, 3.8) is 0 Å². The second-order valence-corrected chi connectivity index (χ2v) is 6.41. The zero-order chi connectivity index (χ0) is 13.2. The van der Waals surface area contributed by atoms with Crippen molar-refractivity contribution in [1.29, 1.82) is 0 Å². The smallest absolute Gasteiger partial charge is 0.127 e. The summed E-state index contributed by atoms with van der Waals surface area (Å²) in [5, 5.41) is 13.5. The van der Waals surface area contributed by atoms with Crippen molar-refractivity contribution in [3.05, 3.63) is 27.7 Å². The van der Waals surface area contributed by atoms with Crippen LogP contribution in [0.2, 0.25) is 0 Å². The third-order valence-electron chi connectivity index (χ3n) is 4.11. The lowest BCUT2D eigenvalue weighted by Gasteiger charge is -2.28. The Balaban J connectivity index is 1.70. The Kier molecular flexibility index (Phi) is 4.10. The van der Waals surface area contributed by atoms with Gasteiger partial charge >= 0.3 is 0 Å². The minimum atomic E-state index is -0.199. The summed E-state index contributed by atoms with van der Waals surface area (Å²) in [5.41, 5.74) is 2.48. The summed E-state index contributed by atoms with van der Waals surface area (Å²) >= 11 is 3.56. The Bertz CT molecular complexity index is 464. The molecule has 104 valence electrons. The molecule has 1 fully saturated rings. The fourth-order valence-electron chi connectivity index (χ4n) is 3.07. The second-order valence-electron chi connectivity index (χ2n) is 5.49. The largest absolute Gasteiger partial charge is 0.493 e. The molecule has 1 aromatic carbocycles. The van der Waals surface area contributed by atoms with Crippen LogP contribution in [0.3, 0.4) is 0 Å². The summed E-state index contributed by atoms with van der Waals surface area (Å²) < 4.78 is 6.84. The Labute approximate surface area is 122 Å². The summed E-state index contributed by atoms with van der Waals surface area (Å²) in [6.45, 7) is 1.55. The van der Waals surface area contributed by atoms with Crippen molar-refractivity contribution in [2.75, 3.05) is 6.61 Å². The van der Waals surface area contributed by atoms with Crippen LogP contribution in [0.15, 0.2) is 16.6 Å². The third-order valence-corrected chi connectivity index (χ3v) is 4.57. The molecular formula is C15H20BrNO2. The van der Waals surface area contributed by atoms with E-state index in [2.05, 4.69) is 33.4 Å². The van der Waals surface area contributed by atoms with Gasteiger partial charge in [0, 0.05) is 29.0 Å². The summed E-state index contributed by atoms with van der Waals surface area (Å²) in [6.07, 6.45) is 5.14. The van der Waals surface area contributed by atoms with Gasteiger partial charge in [0.2, 0.25) is 0 Å². The molecule has 1 aliphatic heterocycles. The number of halogens is 1. The Morgan fingerprint density at radius 3 is 3.00 bits per heavy atom. The summed E-state index contributed by atoms with van der Waals surface area (Å²) in [6, 6.07) is 4.48. The van der Waals surface area contributed by atoms with Crippen molar-refractivity contribution < 1.29 is 9.84 Å². The van der Waals surface area contributed by atoms with Crippen LogP contribution in [0.5, 0.6) is 5.75 Å². The molecule has 0 saturated heterocycles. The molecule has 1 heterocycles. The van der Waals surface area contributed by atoms with Gasteiger partial charge in [-0.2, -0.15) is 0 Å². The van der Waals surface area contributed by atoms with Crippen LogP contribution in [0.1, 0.15) is 36.8 Å². The molecule has 2 atom stereocenters. The van der Waals surface area contributed by atoms with Gasteiger partial charge in [-0.1, -0.05) is 28.8 Å². The molecule has 0 bridgehead atoms. The van der Waals surface area contributed by atoms with E-state index >= 15 is 0 Å². The van der Waals surface area contributed by atoms with E-state index in [0.717, 1.165) is 49.1 Å². The van der Waals surface area contributed by atoms with Gasteiger partial charge in [-0.15, -0.1) is 0 Å². The lowest BCUT2D eigenvalue weighted by molar-refractivity contribution is 0.0901. The van der Waals surface area contributed by atoms with Gasteiger partial charge in [0.05, 0.1) is 12.7 Å². The average molecular weight is 326 g/mol. The fourth-order valence-corrected chi connectivity index (χ4v) is 3.62. The molecule has 0 aromatic heterocycles. The molecule has 1 saturated carbocycles. The molecule has 2 unspecified atom stereocenters. The average Bonchev–Trinajstić information content (AvgIpc) is 2.85. The molecule has 0 amide bonds. The van der Waals surface area contributed by atoms with Crippen LogP contribution in [-0.2, 0) is 13.0 Å². The topological polar surface area (TPSA) is 41.5 Å². The van der Waals surface area contributed by atoms with Crippen molar-refractivity contribution in [2.24, 2.45) is 0 Å². The van der Waals surface area contributed by atoms with E-state index in [0.29, 0.717) is 0 Å². The molecule has 0 spiro atoms. The fraction of sp³-hybridized carbons (Fsp3) is 0.600. The van der Waals surface area contributed by atoms with E-state index < -0.39 is 0 Å². The summed E-state index contributed by atoms with van der Waals surface area (Å²) in [4.78, 5) is 0. The van der Waals surface area contributed by atoms with Crippen molar-refractivity contribution >= 4 is 15.9 Å². The summed E-state index contributed by atoms with van der Waals surface area (Å²) in [7, 11) is 0. The number of hydrogen-bond donors (Lipinski definition) is 2. The van der Waals surface area contributed by atoms with Crippen LogP contribution < -0.4 is 10.1 Å². The van der Waals surface area contributed by atoms with Crippen LogP contribution in [0.25, 0.3) is 0 Å². The van der Waals surface area contributed by atoms with Crippen molar-refractivity contribution in [3.8, 4) is 5.75 Å². The highest BCUT2D eigenvalue weighted by atomic mass is 79.9. The van der Waals surface area contributed by atoms with Gasteiger partial charge < -0.3 is 15.2 Å². The van der Waals surface area contributed by atoms with E-state index in [-0.39, 0.29) is 12.1 Å². The highest BCUT2D eigenvalue weighted by Gasteiger charge is 2.23. The van der Waals surface area contributed by atoms with Gasteiger partial charge in [0.25, 0.3) is 0 Å². The molecule has 1 aliphatic carbocycles. The first-order valence-corrected chi connectivity index (χ1v) is 7.89. The van der Waals surface area contributed by atoms with E-state index in [4.69, 9.17) is 4.74 Å². The normalized spacial score (nSPS) is 26.0. The van der Waals surface area contributed by atoms with Crippen LogP contribution >= 0.6 is 15.9 Å². The molecule has 2 aliphatic rings. The Morgan fingerprint density at radius 1 is 1.32 bits per heavy atom. The zero-order valence-electron chi connectivity index (χ0n) is 11.0. The van der Waals surface area contributed by atoms with Gasteiger partial charge in [-0.3, -0.25) is 0 Å². The lowest BCUT2D eigenvalue weighted by Crippen LogP contribution is -2.41. The lowest BCUT2D eigenvalue weighted by atomic mass is 9.92. The molecule has 4 heteroatoms. The van der Waals surface area contributed by atoms with E-state index in [9.17, 15) is 5.11 Å². The molecule has 0 radical (unpaired) electrons. The predicted molar refractivity (Wildman–Crippen MR) is 78.4 cm³/mol. The van der Waals surface area contributed by atoms with Gasteiger partial charge in [0.1, 0.15) is 5.75 Å². The van der Waals surface area contributed by atoms with Crippen LogP contribution in [0.4, 0.5) is 0 Å². The molecule has 19 heavy (non-hydrogen) atoms. The number of rotatable bonds is 3. The maximum atomic E-state index is 9.99. The number of aliphatic hydroxyl groups is 1. The van der Waals surface area contributed by atoms with Gasteiger partial charge in [-0.05, 0) is 30.5 Å². The standard InChI is InChI=1S/C15H20BrNO2/c16-12-7-10-5-6-19-15(10)11(8-12)9-17-13-3-1-2-4-14(13)18/h7-8,13-14,17-18H,1-6,9H2. The van der Waals surface area contributed by atoms with E-state index in [1.165, 1.54) is 17.5 Å². The van der Waals surface area contributed by atoms with Gasteiger partial charge in [-0.25, -0.2) is 0 Å². The Morgan fingerprint density at radius 2 is 2.16 bits per heavy atom. The summed E-state index contributed by atoms with van der Waals surface area (Å²) in [5.74, 6) is 1.04. The van der Waals surface area contributed by atoms with Crippen molar-refractivity contribution in [1.82, 2.24) is 5.32 Å². The number of hydrogen-bond acceptors (Lipinski definition) is 3. The number of nitrogens with one attached hydrogen (secondary N) is 1. The minimum absolute atomic E-state index is 0.199. The first-order chi connectivity index (χ1) is 9.24. The third kappa shape index (κ3) is 2.96. The molecule has 2 N–H and O–H groups in total. The zero-order valence-corrected chi connectivity index (χ0v) is 12.6. The first-order valence-electron chi connectivity index (χ1n) is 7.09. The van der Waals surface area contributed by atoms with Crippen molar-refractivity contribution in [2.45, 2.75) is 50.8 Å². The van der Waals surface area contributed by atoms with E-state index in [1.54, 1.807) is 0 Å². The minimum Gasteiger partial charge on any atom is -0.493 e. The maximum Gasteiger partial charge on any atom is 0.127 e. The number of ether oxygens (including phenoxy) is 1. The predicted octanol–water partition coefficient (Wildman–Crippen LogP) is 2.78. The first kappa shape index (κ1) is 13.4. The maximum absolute atomic E-state index is 9.99. The quantitative estimate of drug-likeness (QED) is 0.897. The monoisotopic (exact) mass is 325 g/mol. The highest BCUT2D eigenvalue weighted by Crippen LogP contribution is 2.33. The number of aliphatic hydroxyl groups excluding tert-OH is 1. The Hall–Kier alpha value is -0.580. The molecule has 3 nitrogen and oxygen atoms in total.